The summed E-state index contributed by atoms with van der Waals surface area (Å²) in [5.41, 5.74) is 0.691. The second kappa shape index (κ2) is 5.86. The summed E-state index contributed by atoms with van der Waals surface area (Å²) >= 11 is 3.17. The summed E-state index contributed by atoms with van der Waals surface area (Å²) < 4.78 is 22.8. The van der Waals surface area contributed by atoms with Gasteiger partial charge < -0.3 is 5.32 Å². The van der Waals surface area contributed by atoms with Gasteiger partial charge in [0.2, 0.25) is 0 Å². The molecule has 2 aromatic rings. The Morgan fingerprint density at radius 3 is 2.45 bits per heavy atom. The van der Waals surface area contributed by atoms with Crippen molar-refractivity contribution in [3.05, 3.63) is 47.0 Å². The van der Waals surface area contributed by atoms with E-state index in [0.29, 0.717) is 10.2 Å². The number of halogens is 2. The van der Waals surface area contributed by atoms with Crippen molar-refractivity contribution in [1.29, 1.82) is 0 Å². The Bertz CT molecular complexity index is 753. The Hall–Kier alpha value is -1.51. The zero-order valence-corrected chi connectivity index (χ0v) is 12.9. The molecule has 0 aliphatic rings. The molecule has 0 unspecified atom stereocenters. The van der Waals surface area contributed by atoms with E-state index in [4.69, 9.17) is 10.7 Å². The maximum absolute atomic E-state index is 11.9. The van der Waals surface area contributed by atoms with E-state index in [1.54, 1.807) is 0 Å². The molecule has 1 aromatic carbocycles. The second-order valence-corrected chi connectivity index (χ2v) is 7.08. The third-order valence-corrected chi connectivity index (χ3v) is 4.30. The van der Waals surface area contributed by atoms with Gasteiger partial charge in [-0.3, -0.25) is 4.79 Å². The third kappa shape index (κ3) is 3.53. The zero-order chi connectivity index (χ0) is 14.8. The molecule has 6 nitrogen and oxygen atoms in total. The number of hydrogen-bond acceptors (Lipinski definition) is 5. The first-order valence-corrected chi connectivity index (χ1v) is 8.29. The molecule has 0 bridgehead atoms. The lowest BCUT2D eigenvalue weighted by Gasteiger charge is -2.08. The Balaban J connectivity index is 2.25. The Morgan fingerprint density at radius 2 is 1.90 bits per heavy atom. The van der Waals surface area contributed by atoms with Crippen molar-refractivity contribution in [2.24, 2.45) is 0 Å². The molecule has 0 fully saturated rings. The van der Waals surface area contributed by atoms with Crippen molar-refractivity contribution in [1.82, 2.24) is 9.97 Å². The second-order valence-electron chi connectivity index (χ2n) is 3.66. The van der Waals surface area contributed by atoms with E-state index in [-0.39, 0.29) is 10.5 Å². The van der Waals surface area contributed by atoms with Crippen LogP contribution in [0.1, 0.15) is 10.4 Å². The lowest BCUT2D eigenvalue weighted by Crippen LogP contribution is -2.13. The third-order valence-electron chi connectivity index (χ3n) is 2.29. The molecule has 1 N–H and O–H groups in total. The molecular weight excluding hydrogens is 370 g/mol. The first kappa shape index (κ1) is 14.9. The van der Waals surface area contributed by atoms with Crippen molar-refractivity contribution in [2.75, 3.05) is 5.32 Å². The molecule has 0 saturated heterocycles. The summed E-state index contributed by atoms with van der Waals surface area (Å²) in [6.45, 7) is 0. The van der Waals surface area contributed by atoms with Crippen LogP contribution in [0.15, 0.2) is 46.3 Å². The minimum absolute atomic E-state index is 0.0629. The van der Waals surface area contributed by atoms with Crippen LogP contribution in [0.25, 0.3) is 0 Å². The highest BCUT2D eigenvalue weighted by Crippen LogP contribution is 2.27. The van der Waals surface area contributed by atoms with Crippen LogP contribution in [0, 0.1) is 0 Å². The van der Waals surface area contributed by atoms with Gasteiger partial charge in [0.05, 0.1) is 16.1 Å². The van der Waals surface area contributed by atoms with Crippen molar-refractivity contribution in [3.8, 4) is 0 Å². The average Bonchev–Trinajstić information content (AvgIpc) is 2.41. The van der Waals surface area contributed by atoms with E-state index in [2.05, 4.69) is 31.2 Å². The van der Waals surface area contributed by atoms with Crippen LogP contribution in [0.5, 0.6) is 0 Å². The molecule has 0 saturated carbocycles. The van der Waals surface area contributed by atoms with Crippen LogP contribution < -0.4 is 5.32 Å². The molecular formula is C11H7BrClN3O3S. The smallest absolute Gasteiger partial charge is 0.261 e. The fourth-order valence-electron chi connectivity index (χ4n) is 1.36. The molecule has 9 heteroatoms. The number of amides is 1. The summed E-state index contributed by atoms with van der Waals surface area (Å²) in [5.74, 6) is -0.409. The highest BCUT2D eigenvalue weighted by atomic mass is 79.9. The quantitative estimate of drug-likeness (QED) is 0.831. The van der Waals surface area contributed by atoms with Gasteiger partial charge in [0.15, 0.2) is 0 Å². The number of benzene rings is 1. The molecule has 0 radical (unpaired) electrons. The molecule has 0 aliphatic carbocycles. The number of anilines is 1. The lowest BCUT2D eigenvalue weighted by molar-refractivity contribution is 0.102. The molecule has 2 rings (SSSR count). The molecule has 0 aliphatic heterocycles. The first-order chi connectivity index (χ1) is 9.38. The standard InChI is InChI=1S/C11H7BrClN3O3S/c12-9-3-8(20(13,18)19)1-2-10(9)16-11(17)7-4-14-6-15-5-7/h1-6H,(H,16,17). The van der Waals surface area contributed by atoms with Gasteiger partial charge in [0.25, 0.3) is 15.0 Å². The summed E-state index contributed by atoms with van der Waals surface area (Å²) in [4.78, 5) is 19.3. The fraction of sp³-hybridized carbons (Fsp3) is 0. The van der Waals surface area contributed by atoms with E-state index < -0.39 is 15.0 Å². The lowest BCUT2D eigenvalue weighted by atomic mass is 10.3. The topological polar surface area (TPSA) is 89.0 Å². The summed E-state index contributed by atoms with van der Waals surface area (Å²) in [5, 5.41) is 2.60. The zero-order valence-electron chi connectivity index (χ0n) is 9.75. The molecule has 1 aromatic heterocycles. The number of hydrogen-bond donors (Lipinski definition) is 1. The number of carbonyl (C=O) groups is 1. The van der Waals surface area contributed by atoms with Gasteiger partial charge in [-0.05, 0) is 34.1 Å². The number of nitrogens with zero attached hydrogens (tertiary/aromatic N) is 2. The summed E-state index contributed by atoms with van der Waals surface area (Å²) in [6.07, 6.45) is 4.05. The summed E-state index contributed by atoms with van der Waals surface area (Å²) in [7, 11) is 1.42. The normalized spacial score (nSPS) is 11.1. The van der Waals surface area contributed by atoms with Crippen LogP contribution in [-0.2, 0) is 9.05 Å². The average molecular weight is 377 g/mol. The van der Waals surface area contributed by atoms with Crippen LogP contribution in [-0.4, -0.2) is 24.3 Å². The maximum Gasteiger partial charge on any atom is 0.261 e. The maximum atomic E-state index is 11.9. The number of carbonyl (C=O) groups excluding carboxylic acids is 1. The van der Waals surface area contributed by atoms with Gasteiger partial charge in [-0.1, -0.05) is 0 Å². The summed E-state index contributed by atoms with van der Waals surface area (Å²) in [6, 6.07) is 4.03. The van der Waals surface area contributed by atoms with Gasteiger partial charge in [-0.2, -0.15) is 0 Å². The monoisotopic (exact) mass is 375 g/mol. The van der Waals surface area contributed by atoms with Crippen LogP contribution in [0.3, 0.4) is 0 Å². The largest absolute Gasteiger partial charge is 0.321 e. The first-order valence-electron chi connectivity index (χ1n) is 5.18. The SMILES string of the molecule is O=C(Nc1ccc(S(=O)(=O)Cl)cc1Br)c1cncnc1. The predicted molar refractivity (Wildman–Crippen MR) is 77.2 cm³/mol. The van der Waals surface area contributed by atoms with Gasteiger partial charge in [0.1, 0.15) is 6.33 Å². The highest BCUT2D eigenvalue weighted by Gasteiger charge is 2.14. The van der Waals surface area contributed by atoms with Gasteiger partial charge in [-0.25, -0.2) is 18.4 Å². The van der Waals surface area contributed by atoms with E-state index in [9.17, 15) is 13.2 Å². The van der Waals surface area contributed by atoms with Crippen LogP contribution in [0.2, 0.25) is 0 Å². The van der Waals surface area contributed by atoms with Gasteiger partial charge >= 0.3 is 0 Å². The van der Waals surface area contributed by atoms with Crippen molar-refractivity contribution < 1.29 is 13.2 Å². The van der Waals surface area contributed by atoms with Crippen molar-refractivity contribution in [3.63, 3.8) is 0 Å². The molecule has 1 amide bonds. The number of aromatic nitrogens is 2. The number of nitrogens with one attached hydrogen (secondary N) is 1. The Labute approximate surface area is 127 Å². The molecule has 0 atom stereocenters. The Kier molecular flexibility index (Phi) is 4.36. The Morgan fingerprint density at radius 1 is 1.25 bits per heavy atom. The fourth-order valence-corrected chi connectivity index (χ4v) is 2.77. The molecule has 1 heterocycles. The molecule has 104 valence electrons. The van der Waals surface area contributed by atoms with E-state index in [0.717, 1.165) is 0 Å². The minimum atomic E-state index is -3.81. The van der Waals surface area contributed by atoms with E-state index in [1.165, 1.54) is 36.9 Å². The van der Waals surface area contributed by atoms with Crippen LogP contribution in [0.4, 0.5) is 5.69 Å². The molecule has 20 heavy (non-hydrogen) atoms. The van der Waals surface area contributed by atoms with Gasteiger partial charge in [-0.15, -0.1) is 0 Å². The highest BCUT2D eigenvalue weighted by molar-refractivity contribution is 9.10. The van der Waals surface area contributed by atoms with Crippen molar-refractivity contribution >= 4 is 47.3 Å². The minimum Gasteiger partial charge on any atom is -0.321 e. The van der Waals surface area contributed by atoms with E-state index in [1.807, 2.05) is 0 Å². The predicted octanol–water partition coefficient (Wildman–Crippen LogP) is 2.42. The van der Waals surface area contributed by atoms with Crippen molar-refractivity contribution in [2.45, 2.75) is 4.90 Å². The van der Waals surface area contributed by atoms with Crippen LogP contribution >= 0.6 is 26.6 Å². The van der Waals surface area contributed by atoms with E-state index >= 15 is 0 Å². The van der Waals surface area contributed by atoms with Gasteiger partial charge in [0, 0.05) is 27.5 Å². The molecule has 0 spiro atoms. The number of rotatable bonds is 3.